The Morgan fingerprint density at radius 1 is 1.25 bits per heavy atom. The van der Waals surface area contributed by atoms with Gasteiger partial charge in [-0.3, -0.25) is 0 Å². The molecule has 0 bridgehead atoms. The number of hydrogen-bond donors (Lipinski definition) is 2. The molecule has 2 fully saturated rings. The maximum atomic E-state index is 9.82. The zero-order valence-corrected chi connectivity index (χ0v) is 13.7. The quantitative estimate of drug-likeness (QED) is 0.814. The molecule has 2 aliphatic rings. The minimum Gasteiger partial charge on any atom is -0.394 e. The zero-order valence-electron chi connectivity index (χ0n) is 13.7. The van der Waals surface area contributed by atoms with E-state index in [4.69, 9.17) is 0 Å². The lowest BCUT2D eigenvalue weighted by atomic mass is 9.77. The number of likely N-dealkylation sites (tertiary alicyclic amines) is 1. The van der Waals surface area contributed by atoms with Crippen molar-refractivity contribution in [1.82, 2.24) is 10.2 Å². The van der Waals surface area contributed by atoms with Crippen molar-refractivity contribution >= 4 is 0 Å². The molecule has 1 aliphatic carbocycles. The molecule has 0 spiro atoms. The third kappa shape index (κ3) is 3.75. The summed E-state index contributed by atoms with van der Waals surface area (Å²) in [6.07, 6.45) is 7.56. The average molecular weight is 282 g/mol. The second kappa shape index (κ2) is 7.24. The van der Waals surface area contributed by atoms with Crippen LogP contribution in [0.25, 0.3) is 0 Å². The summed E-state index contributed by atoms with van der Waals surface area (Å²) in [7, 11) is 0. The molecule has 0 radical (unpaired) electrons. The molecule has 3 heteroatoms. The monoisotopic (exact) mass is 282 g/mol. The van der Waals surface area contributed by atoms with Crippen LogP contribution in [-0.4, -0.2) is 47.8 Å². The Bertz CT molecular complexity index is 283. The van der Waals surface area contributed by atoms with Gasteiger partial charge in [-0.05, 0) is 70.0 Å². The van der Waals surface area contributed by atoms with Crippen LogP contribution >= 0.6 is 0 Å². The summed E-state index contributed by atoms with van der Waals surface area (Å²) < 4.78 is 0. The standard InChI is InChI=1S/C17H34N2O/c1-4-18-17(13-20)9-5-6-16(12-17)19-10-7-15(8-11-19)14(2)3/h14-16,18,20H,4-13H2,1-3H3. The van der Waals surface area contributed by atoms with Gasteiger partial charge < -0.3 is 15.3 Å². The number of aliphatic hydroxyl groups is 1. The van der Waals surface area contributed by atoms with E-state index >= 15 is 0 Å². The van der Waals surface area contributed by atoms with Crippen molar-refractivity contribution in [3.8, 4) is 0 Å². The molecule has 1 heterocycles. The fourth-order valence-corrected chi connectivity index (χ4v) is 4.33. The molecule has 2 unspecified atom stereocenters. The molecule has 1 saturated heterocycles. The van der Waals surface area contributed by atoms with E-state index in [1.54, 1.807) is 0 Å². The van der Waals surface area contributed by atoms with Gasteiger partial charge in [0.25, 0.3) is 0 Å². The Morgan fingerprint density at radius 3 is 2.50 bits per heavy atom. The van der Waals surface area contributed by atoms with E-state index in [9.17, 15) is 5.11 Å². The van der Waals surface area contributed by atoms with Crippen LogP contribution < -0.4 is 5.32 Å². The normalized spacial score (nSPS) is 33.8. The van der Waals surface area contributed by atoms with Crippen molar-refractivity contribution in [2.24, 2.45) is 11.8 Å². The van der Waals surface area contributed by atoms with Crippen LogP contribution in [0.5, 0.6) is 0 Å². The summed E-state index contributed by atoms with van der Waals surface area (Å²) in [5.74, 6) is 1.76. The van der Waals surface area contributed by atoms with Crippen LogP contribution in [0.2, 0.25) is 0 Å². The summed E-state index contributed by atoms with van der Waals surface area (Å²) in [4.78, 5) is 2.71. The molecule has 2 atom stereocenters. The Morgan fingerprint density at radius 2 is 1.95 bits per heavy atom. The van der Waals surface area contributed by atoms with Gasteiger partial charge in [0.2, 0.25) is 0 Å². The van der Waals surface area contributed by atoms with Crippen molar-refractivity contribution in [2.75, 3.05) is 26.2 Å². The molecule has 3 nitrogen and oxygen atoms in total. The molecule has 0 aromatic rings. The SMILES string of the molecule is CCNC1(CO)CCCC(N2CCC(C(C)C)CC2)C1. The van der Waals surface area contributed by atoms with Gasteiger partial charge in [-0.2, -0.15) is 0 Å². The molecule has 1 aliphatic heterocycles. The first-order valence-electron chi connectivity index (χ1n) is 8.70. The van der Waals surface area contributed by atoms with E-state index in [1.807, 2.05) is 0 Å². The van der Waals surface area contributed by atoms with Crippen LogP contribution in [0.4, 0.5) is 0 Å². The smallest absolute Gasteiger partial charge is 0.0613 e. The third-order valence-corrected chi connectivity index (χ3v) is 5.71. The maximum Gasteiger partial charge on any atom is 0.0613 e. The molecular weight excluding hydrogens is 248 g/mol. The number of piperidine rings is 1. The number of rotatable bonds is 5. The highest BCUT2D eigenvalue weighted by atomic mass is 16.3. The number of aliphatic hydroxyl groups excluding tert-OH is 1. The lowest BCUT2D eigenvalue weighted by Crippen LogP contribution is -2.56. The summed E-state index contributed by atoms with van der Waals surface area (Å²) in [5.41, 5.74) is -0.00738. The topological polar surface area (TPSA) is 35.5 Å². The Labute approximate surface area is 125 Å². The molecule has 2 rings (SSSR count). The summed E-state index contributed by atoms with van der Waals surface area (Å²) >= 11 is 0. The summed E-state index contributed by atoms with van der Waals surface area (Å²) in [6, 6.07) is 0.683. The molecule has 2 N–H and O–H groups in total. The van der Waals surface area contributed by atoms with Crippen molar-refractivity contribution in [1.29, 1.82) is 0 Å². The highest BCUT2D eigenvalue weighted by Crippen LogP contribution is 2.34. The molecule has 20 heavy (non-hydrogen) atoms. The van der Waals surface area contributed by atoms with Crippen molar-refractivity contribution in [2.45, 2.75) is 70.9 Å². The third-order valence-electron chi connectivity index (χ3n) is 5.71. The van der Waals surface area contributed by atoms with Gasteiger partial charge in [0.15, 0.2) is 0 Å². The minimum atomic E-state index is -0.00738. The van der Waals surface area contributed by atoms with E-state index in [1.165, 1.54) is 38.8 Å². The number of hydrogen-bond acceptors (Lipinski definition) is 3. The van der Waals surface area contributed by atoms with Gasteiger partial charge in [-0.25, -0.2) is 0 Å². The first-order valence-corrected chi connectivity index (χ1v) is 8.70. The van der Waals surface area contributed by atoms with E-state index in [-0.39, 0.29) is 5.54 Å². The Hall–Kier alpha value is -0.120. The fourth-order valence-electron chi connectivity index (χ4n) is 4.33. The lowest BCUT2D eigenvalue weighted by Gasteiger charge is -2.46. The van der Waals surface area contributed by atoms with E-state index in [0.717, 1.165) is 31.2 Å². The minimum absolute atomic E-state index is 0.00738. The molecular formula is C17H34N2O. The highest BCUT2D eigenvalue weighted by molar-refractivity contribution is 4.97. The summed E-state index contributed by atoms with van der Waals surface area (Å²) in [5, 5.41) is 13.4. The molecule has 118 valence electrons. The molecule has 0 aromatic heterocycles. The van der Waals surface area contributed by atoms with Gasteiger partial charge >= 0.3 is 0 Å². The zero-order chi connectivity index (χ0) is 14.6. The van der Waals surface area contributed by atoms with E-state index in [0.29, 0.717) is 12.6 Å². The lowest BCUT2D eigenvalue weighted by molar-refractivity contribution is 0.0387. The first-order chi connectivity index (χ1) is 9.60. The number of likely N-dealkylation sites (N-methyl/N-ethyl adjacent to an activating group) is 1. The van der Waals surface area contributed by atoms with Gasteiger partial charge in [-0.15, -0.1) is 0 Å². The largest absolute Gasteiger partial charge is 0.394 e. The number of nitrogens with one attached hydrogen (secondary N) is 1. The van der Waals surface area contributed by atoms with Crippen LogP contribution in [0.3, 0.4) is 0 Å². The maximum absolute atomic E-state index is 9.82. The van der Waals surface area contributed by atoms with Crippen molar-refractivity contribution in [3.63, 3.8) is 0 Å². The molecule has 1 saturated carbocycles. The fraction of sp³-hybridized carbons (Fsp3) is 1.00. The van der Waals surface area contributed by atoms with Crippen molar-refractivity contribution in [3.05, 3.63) is 0 Å². The van der Waals surface area contributed by atoms with Gasteiger partial charge in [0, 0.05) is 11.6 Å². The Kier molecular flexibility index (Phi) is 5.88. The highest BCUT2D eigenvalue weighted by Gasteiger charge is 2.38. The van der Waals surface area contributed by atoms with Crippen LogP contribution in [-0.2, 0) is 0 Å². The second-order valence-corrected chi connectivity index (χ2v) is 7.34. The van der Waals surface area contributed by atoms with Gasteiger partial charge in [0.1, 0.15) is 0 Å². The van der Waals surface area contributed by atoms with Crippen LogP contribution in [0.15, 0.2) is 0 Å². The molecule has 0 amide bonds. The van der Waals surface area contributed by atoms with Crippen molar-refractivity contribution < 1.29 is 5.11 Å². The number of nitrogens with zero attached hydrogens (tertiary/aromatic N) is 1. The van der Waals surface area contributed by atoms with E-state index < -0.39 is 0 Å². The average Bonchev–Trinajstić information content (AvgIpc) is 2.48. The summed E-state index contributed by atoms with van der Waals surface area (Å²) in [6.45, 7) is 10.7. The second-order valence-electron chi connectivity index (χ2n) is 7.34. The first kappa shape index (κ1) is 16.3. The van der Waals surface area contributed by atoms with Crippen LogP contribution in [0, 0.1) is 11.8 Å². The van der Waals surface area contributed by atoms with Crippen LogP contribution in [0.1, 0.15) is 59.3 Å². The predicted molar refractivity (Wildman–Crippen MR) is 84.9 cm³/mol. The molecule has 0 aromatic carbocycles. The van der Waals surface area contributed by atoms with E-state index in [2.05, 4.69) is 31.0 Å². The van der Waals surface area contributed by atoms with Gasteiger partial charge in [-0.1, -0.05) is 20.8 Å². The Balaban J connectivity index is 1.90. The predicted octanol–water partition coefficient (Wildman–Crippen LogP) is 2.64. The van der Waals surface area contributed by atoms with Gasteiger partial charge in [0.05, 0.1) is 6.61 Å².